The van der Waals surface area contributed by atoms with Crippen LogP contribution in [0.1, 0.15) is 17.5 Å². The van der Waals surface area contributed by atoms with E-state index < -0.39 is 0 Å². The first kappa shape index (κ1) is 13.4. The number of pyridine rings is 1. The Hall–Kier alpha value is -2.01. The third-order valence-electron chi connectivity index (χ3n) is 2.68. The summed E-state index contributed by atoms with van der Waals surface area (Å²) < 4.78 is 0. The van der Waals surface area contributed by atoms with Crippen molar-refractivity contribution in [3.05, 3.63) is 47.9 Å². The van der Waals surface area contributed by atoms with E-state index in [1.165, 1.54) is 5.56 Å². The van der Waals surface area contributed by atoms with Gasteiger partial charge in [0.2, 0.25) is 0 Å². The van der Waals surface area contributed by atoms with Crippen molar-refractivity contribution in [1.82, 2.24) is 20.5 Å². The molecule has 5 heteroatoms. The maximum atomic E-state index is 4.08. The van der Waals surface area contributed by atoms with E-state index in [9.17, 15) is 0 Å². The molecule has 2 N–H and O–H groups in total. The number of rotatable bonds is 7. The maximum absolute atomic E-state index is 4.08. The lowest BCUT2D eigenvalue weighted by Gasteiger charge is -2.06. The third-order valence-corrected chi connectivity index (χ3v) is 2.68. The summed E-state index contributed by atoms with van der Waals surface area (Å²) in [5.41, 5.74) is 2.33. The Bertz CT molecular complexity index is 486. The van der Waals surface area contributed by atoms with Crippen LogP contribution >= 0.6 is 0 Å². The Morgan fingerprint density at radius 1 is 1.21 bits per heavy atom. The monoisotopic (exact) mass is 257 g/mol. The molecule has 0 aliphatic rings. The van der Waals surface area contributed by atoms with Crippen molar-refractivity contribution in [3.63, 3.8) is 0 Å². The summed E-state index contributed by atoms with van der Waals surface area (Å²) in [6.45, 7) is 4.71. The van der Waals surface area contributed by atoms with E-state index in [-0.39, 0.29) is 0 Å². The molecule has 0 saturated carbocycles. The standard InChI is InChI=1S/C14H19N5/c1-12-8-14(19-18-9-12)17-7-3-6-16-11-13-4-2-5-15-10-13/h2,4-5,8-10,16H,3,6-7,11H2,1H3,(H,17,19). The Balaban J connectivity index is 1.58. The van der Waals surface area contributed by atoms with E-state index in [2.05, 4.69) is 31.9 Å². The van der Waals surface area contributed by atoms with Gasteiger partial charge in [-0.05, 0) is 43.1 Å². The summed E-state index contributed by atoms with van der Waals surface area (Å²) >= 11 is 0. The predicted octanol–water partition coefficient (Wildman–Crippen LogP) is 1.77. The predicted molar refractivity (Wildman–Crippen MR) is 75.8 cm³/mol. The van der Waals surface area contributed by atoms with Crippen LogP contribution in [0.3, 0.4) is 0 Å². The molecule has 0 amide bonds. The first-order chi connectivity index (χ1) is 9.34. The zero-order chi connectivity index (χ0) is 13.3. The van der Waals surface area contributed by atoms with Gasteiger partial charge in [0.25, 0.3) is 0 Å². The molecule has 2 heterocycles. The van der Waals surface area contributed by atoms with Gasteiger partial charge in [-0.1, -0.05) is 6.07 Å². The molecule has 5 nitrogen and oxygen atoms in total. The summed E-state index contributed by atoms with van der Waals surface area (Å²) in [6, 6.07) is 6.02. The zero-order valence-electron chi connectivity index (χ0n) is 11.1. The molecule has 2 rings (SSSR count). The van der Waals surface area contributed by atoms with Crippen LogP contribution < -0.4 is 10.6 Å². The van der Waals surface area contributed by atoms with Crippen molar-refractivity contribution in [1.29, 1.82) is 0 Å². The summed E-state index contributed by atoms with van der Waals surface area (Å²) in [7, 11) is 0. The molecular weight excluding hydrogens is 238 g/mol. The molecule has 0 unspecified atom stereocenters. The molecular formula is C14H19N5. The van der Waals surface area contributed by atoms with Gasteiger partial charge in [0, 0.05) is 25.5 Å². The van der Waals surface area contributed by atoms with Gasteiger partial charge in [0.1, 0.15) is 5.82 Å². The molecule has 100 valence electrons. The second-order valence-corrected chi connectivity index (χ2v) is 4.44. The lowest BCUT2D eigenvalue weighted by Crippen LogP contribution is -2.18. The maximum Gasteiger partial charge on any atom is 0.148 e. The van der Waals surface area contributed by atoms with Crippen molar-refractivity contribution in [2.24, 2.45) is 0 Å². The minimum atomic E-state index is 0.840. The van der Waals surface area contributed by atoms with E-state index in [0.29, 0.717) is 0 Å². The van der Waals surface area contributed by atoms with E-state index >= 15 is 0 Å². The van der Waals surface area contributed by atoms with Crippen molar-refractivity contribution >= 4 is 5.82 Å². The van der Waals surface area contributed by atoms with Gasteiger partial charge in [0.05, 0.1) is 6.20 Å². The zero-order valence-corrected chi connectivity index (χ0v) is 11.1. The molecule has 2 aromatic heterocycles. The first-order valence-corrected chi connectivity index (χ1v) is 6.47. The van der Waals surface area contributed by atoms with E-state index in [1.807, 2.05) is 25.3 Å². The van der Waals surface area contributed by atoms with Gasteiger partial charge in [-0.25, -0.2) is 0 Å². The number of hydrogen-bond donors (Lipinski definition) is 2. The number of hydrogen-bond acceptors (Lipinski definition) is 5. The van der Waals surface area contributed by atoms with Crippen LogP contribution in [-0.4, -0.2) is 28.3 Å². The van der Waals surface area contributed by atoms with Crippen LogP contribution in [0.2, 0.25) is 0 Å². The van der Waals surface area contributed by atoms with E-state index in [1.54, 1.807) is 12.4 Å². The van der Waals surface area contributed by atoms with Crippen LogP contribution in [0.25, 0.3) is 0 Å². The topological polar surface area (TPSA) is 62.7 Å². The van der Waals surface area contributed by atoms with Gasteiger partial charge >= 0.3 is 0 Å². The van der Waals surface area contributed by atoms with Crippen LogP contribution in [-0.2, 0) is 6.54 Å². The minimum Gasteiger partial charge on any atom is -0.369 e. The van der Waals surface area contributed by atoms with Gasteiger partial charge < -0.3 is 10.6 Å². The third kappa shape index (κ3) is 5.01. The normalized spacial score (nSPS) is 10.4. The van der Waals surface area contributed by atoms with Crippen molar-refractivity contribution in [2.45, 2.75) is 19.9 Å². The van der Waals surface area contributed by atoms with Crippen molar-refractivity contribution in [2.75, 3.05) is 18.4 Å². The molecule has 19 heavy (non-hydrogen) atoms. The smallest absolute Gasteiger partial charge is 0.148 e. The molecule has 0 radical (unpaired) electrons. The molecule has 2 aromatic rings. The van der Waals surface area contributed by atoms with Gasteiger partial charge in [-0.3, -0.25) is 4.98 Å². The lowest BCUT2D eigenvalue weighted by atomic mass is 10.3. The summed E-state index contributed by atoms with van der Waals surface area (Å²) in [5, 5.41) is 14.6. The Morgan fingerprint density at radius 3 is 2.95 bits per heavy atom. The highest BCUT2D eigenvalue weighted by Crippen LogP contribution is 2.02. The van der Waals surface area contributed by atoms with Crippen molar-refractivity contribution in [3.8, 4) is 0 Å². The highest BCUT2D eigenvalue weighted by Gasteiger charge is 1.95. The van der Waals surface area contributed by atoms with Gasteiger partial charge in [-0.15, -0.1) is 5.10 Å². The van der Waals surface area contributed by atoms with E-state index in [4.69, 9.17) is 0 Å². The van der Waals surface area contributed by atoms with Crippen LogP contribution in [0.5, 0.6) is 0 Å². The molecule has 0 saturated heterocycles. The van der Waals surface area contributed by atoms with Crippen LogP contribution in [0.15, 0.2) is 36.8 Å². The Morgan fingerprint density at radius 2 is 2.16 bits per heavy atom. The highest BCUT2D eigenvalue weighted by molar-refractivity contribution is 5.34. The van der Waals surface area contributed by atoms with Gasteiger partial charge in [-0.2, -0.15) is 5.10 Å². The highest BCUT2D eigenvalue weighted by atomic mass is 15.2. The molecule has 0 aromatic carbocycles. The van der Waals surface area contributed by atoms with Crippen LogP contribution in [0, 0.1) is 6.92 Å². The largest absolute Gasteiger partial charge is 0.369 e. The fourth-order valence-corrected chi connectivity index (χ4v) is 1.72. The second kappa shape index (κ2) is 7.43. The summed E-state index contributed by atoms with van der Waals surface area (Å²) in [6.07, 6.45) is 6.46. The Labute approximate surface area is 113 Å². The number of nitrogens with zero attached hydrogens (tertiary/aromatic N) is 3. The Kier molecular flexibility index (Phi) is 5.25. The second-order valence-electron chi connectivity index (χ2n) is 4.44. The molecule has 0 fully saturated rings. The summed E-state index contributed by atoms with van der Waals surface area (Å²) in [5.74, 6) is 0.840. The average molecular weight is 257 g/mol. The SMILES string of the molecule is Cc1cnnc(NCCCNCc2cccnc2)c1. The number of nitrogens with one attached hydrogen (secondary N) is 2. The molecule has 0 spiro atoms. The first-order valence-electron chi connectivity index (χ1n) is 6.47. The van der Waals surface area contributed by atoms with Gasteiger partial charge in [0.15, 0.2) is 0 Å². The summed E-state index contributed by atoms with van der Waals surface area (Å²) in [4.78, 5) is 4.08. The molecule has 0 bridgehead atoms. The molecule has 0 atom stereocenters. The number of aromatic nitrogens is 3. The number of anilines is 1. The average Bonchev–Trinajstić information content (AvgIpc) is 2.44. The quantitative estimate of drug-likeness (QED) is 0.740. The number of aryl methyl sites for hydroxylation is 1. The minimum absolute atomic E-state index is 0.840. The lowest BCUT2D eigenvalue weighted by molar-refractivity contribution is 0.661. The fraction of sp³-hybridized carbons (Fsp3) is 0.357. The van der Waals surface area contributed by atoms with E-state index in [0.717, 1.165) is 37.4 Å². The van der Waals surface area contributed by atoms with Crippen LogP contribution in [0.4, 0.5) is 5.82 Å². The molecule has 0 aliphatic heterocycles. The molecule has 0 aliphatic carbocycles. The van der Waals surface area contributed by atoms with Crippen molar-refractivity contribution < 1.29 is 0 Å². The fourth-order valence-electron chi connectivity index (χ4n) is 1.72.